The van der Waals surface area contributed by atoms with E-state index in [0.29, 0.717) is 31.4 Å². The fourth-order valence-corrected chi connectivity index (χ4v) is 3.22. The van der Waals surface area contributed by atoms with E-state index in [0.717, 1.165) is 24.2 Å². The summed E-state index contributed by atoms with van der Waals surface area (Å²) >= 11 is 0. The molecule has 0 bridgehead atoms. The SMILES string of the molecule is CN(C)Cc1cc(CN(C)C)cc(C(=O)NCCCC[C@H](NC(=O)C(C)(C)C)C(=O)O)c1. The van der Waals surface area contributed by atoms with Crippen molar-refractivity contribution >= 4 is 17.8 Å². The van der Waals surface area contributed by atoms with Crippen LogP contribution in [0.4, 0.5) is 0 Å². The van der Waals surface area contributed by atoms with Gasteiger partial charge in [0, 0.05) is 30.6 Å². The molecule has 8 heteroatoms. The van der Waals surface area contributed by atoms with Crippen molar-refractivity contribution in [2.75, 3.05) is 34.7 Å². The van der Waals surface area contributed by atoms with Crippen LogP contribution in [0, 0.1) is 5.41 Å². The minimum Gasteiger partial charge on any atom is -0.480 e. The van der Waals surface area contributed by atoms with E-state index in [1.54, 1.807) is 20.8 Å². The number of carboxylic acids is 1. The van der Waals surface area contributed by atoms with Gasteiger partial charge in [0.15, 0.2) is 0 Å². The molecule has 32 heavy (non-hydrogen) atoms. The van der Waals surface area contributed by atoms with Crippen molar-refractivity contribution in [1.29, 1.82) is 0 Å². The summed E-state index contributed by atoms with van der Waals surface area (Å²) in [7, 11) is 7.97. The lowest BCUT2D eigenvalue weighted by atomic mass is 9.95. The molecule has 1 aromatic carbocycles. The minimum atomic E-state index is -1.04. The summed E-state index contributed by atoms with van der Waals surface area (Å²) in [6, 6.07) is 5.02. The number of nitrogens with one attached hydrogen (secondary N) is 2. The first-order valence-electron chi connectivity index (χ1n) is 11.0. The first kappa shape index (κ1) is 27.6. The zero-order valence-electron chi connectivity index (χ0n) is 20.6. The highest BCUT2D eigenvalue weighted by Gasteiger charge is 2.27. The van der Waals surface area contributed by atoms with E-state index >= 15 is 0 Å². The smallest absolute Gasteiger partial charge is 0.326 e. The summed E-state index contributed by atoms with van der Waals surface area (Å²) in [6.45, 7) is 7.17. The van der Waals surface area contributed by atoms with Crippen LogP contribution < -0.4 is 10.6 Å². The number of carboxylic acid groups (broad SMARTS) is 1. The predicted molar refractivity (Wildman–Crippen MR) is 126 cm³/mol. The number of hydrogen-bond donors (Lipinski definition) is 3. The van der Waals surface area contributed by atoms with Gasteiger partial charge in [-0.15, -0.1) is 0 Å². The second-order valence-corrected chi connectivity index (χ2v) is 9.88. The fourth-order valence-electron chi connectivity index (χ4n) is 3.22. The van der Waals surface area contributed by atoms with E-state index in [4.69, 9.17) is 0 Å². The fraction of sp³-hybridized carbons (Fsp3) is 0.625. The second kappa shape index (κ2) is 12.6. The number of rotatable bonds is 12. The van der Waals surface area contributed by atoms with Gasteiger partial charge in [0.25, 0.3) is 5.91 Å². The number of carbonyl (C=O) groups excluding carboxylic acids is 2. The summed E-state index contributed by atoms with van der Waals surface area (Å²) in [4.78, 5) is 40.3. The molecule has 0 unspecified atom stereocenters. The van der Waals surface area contributed by atoms with Gasteiger partial charge in [-0.2, -0.15) is 0 Å². The molecule has 0 fully saturated rings. The Hall–Kier alpha value is -2.45. The van der Waals surface area contributed by atoms with E-state index < -0.39 is 17.4 Å². The van der Waals surface area contributed by atoms with E-state index in [2.05, 4.69) is 26.5 Å². The molecule has 1 atom stereocenters. The highest BCUT2D eigenvalue weighted by atomic mass is 16.4. The molecule has 0 aromatic heterocycles. The number of amides is 2. The highest BCUT2D eigenvalue weighted by molar-refractivity contribution is 5.94. The highest BCUT2D eigenvalue weighted by Crippen LogP contribution is 2.15. The Morgan fingerprint density at radius 2 is 1.47 bits per heavy atom. The lowest BCUT2D eigenvalue weighted by Gasteiger charge is -2.21. The molecule has 180 valence electrons. The Bertz CT molecular complexity index is 756. The van der Waals surface area contributed by atoms with Crippen LogP contribution in [0.1, 0.15) is 61.5 Å². The van der Waals surface area contributed by atoms with Gasteiger partial charge in [-0.3, -0.25) is 9.59 Å². The molecule has 0 aliphatic heterocycles. The van der Waals surface area contributed by atoms with Crippen molar-refractivity contribution in [3.63, 3.8) is 0 Å². The summed E-state index contributed by atoms with van der Waals surface area (Å²) in [5.74, 6) is -1.47. The zero-order valence-corrected chi connectivity index (χ0v) is 20.6. The zero-order chi connectivity index (χ0) is 24.5. The molecule has 8 nitrogen and oxygen atoms in total. The molecule has 0 radical (unpaired) electrons. The van der Waals surface area contributed by atoms with Gasteiger partial charge in [-0.25, -0.2) is 4.79 Å². The van der Waals surface area contributed by atoms with Gasteiger partial charge >= 0.3 is 5.97 Å². The monoisotopic (exact) mass is 448 g/mol. The molecule has 0 saturated heterocycles. The third-order valence-corrected chi connectivity index (χ3v) is 4.80. The van der Waals surface area contributed by atoms with Crippen molar-refractivity contribution in [2.45, 2.75) is 59.2 Å². The molecule has 1 aromatic rings. The summed E-state index contributed by atoms with van der Waals surface area (Å²) in [5, 5.41) is 14.9. The van der Waals surface area contributed by atoms with E-state index in [-0.39, 0.29) is 11.8 Å². The number of benzene rings is 1. The van der Waals surface area contributed by atoms with Gasteiger partial charge in [0.05, 0.1) is 0 Å². The number of aliphatic carboxylic acids is 1. The van der Waals surface area contributed by atoms with Crippen LogP contribution in [-0.4, -0.2) is 73.5 Å². The van der Waals surface area contributed by atoms with E-state index in [1.807, 2.05) is 40.3 Å². The Labute approximate surface area is 192 Å². The first-order chi connectivity index (χ1) is 14.8. The Morgan fingerprint density at radius 3 is 1.91 bits per heavy atom. The Morgan fingerprint density at radius 1 is 0.938 bits per heavy atom. The maximum Gasteiger partial charge on any atom is 0.326 e. The summed E-state index contributed by atoms with van der Waals surface area (Å²) in [6.07, 6.45) is 1.52. The van der Waals surface area contributed by atoms with Crippen molar-refractivity contribution in [3.05, 3.63) is 34.9 Å². The molecule has 0 saturated carbocycles. The van der Waals surface area contributed by atoms with Crippen LogP contribution >= 0.6 is 0 Å². The lowest BCUT2D eigenvalue weighted by Crippen LogP contribution is -2.45. The maximum atomic E-state index is 12.7. The van der Waals surface area contributed by atoms with Crippen LogP contribution in [0.5, 0.6) is 0 Å². The molecular weight excluding hydrogens is 408 g/mol. The van der Waals surface area contributed by atoms with Crippen LogP contribution in [0.3, 0.4) is 0 Å². The summed E-state index contributed by atoms with van der Waals surface area (Å²) < 4.78 is 0. The molecule has 2 amide bonds. The first-order valence-corrected chi connectivity index (χ1v) is 11.0. The maximum absolute atomic E-state index is 12.7. The Balaban J connectivity index is 2.62. The van der Waals surface area contributed by atoms with Crippen LogP contribution in [-0.2, 0) is 22.7 Å². The molecule has 0 spiro atoms. The molecular formula is C24H40N4O4. The number of nitrogens with zero attached hydrogens (tertiary/aromatic N) is 2. The largest absolute Gasteiger partial charge is 0.480 e. The molecule has 0 heterocycles. The molecule has 0 aliphatic rings. The van der Waals surface area contributed by atoms with E-state index in [9.17, 15) is 19.5 Å². The van der Waals surface area contributed by atoms with E-state index in [1.165, 1.54) is 0 Å². The predicted octanol–water partition coefficient (Wildman–Crippen LogP) is 2.33. The van der Waals surface area contributed by atoms with Crippen LogP contribution in [0.2, 0.25) is 0 Å². The Kier molecular flexibility index (Phi) is 10.8. The summed E-state index contributed by atoms with van der Waals surface area (Å²) in [5.41, 5.74) is 2.15. The average molecular weight is 449 g/mol. The van der Waals surface area contributed by atoms with Crippen LogP contribution in [0.15, 0.2) is 18.2 Å². The standard InChI is InChI=1S/C24H40N4O4/c1-24(2,3)23(32)26-20(22(30)31)10-8-9-11-25-21(29)19-13-17(15-27(4)5)12-18(14-19)16-28(6)7/h12-14,20H,8-11,15-16H2,1-7H3,(H,25,29)(H,26,32)(H,30,31)/t20-/m0/s1. The van der Waals surface area contributed by atoms with Gasteiger partial charge in [0.1, 0.15) is 6.04 Å². The van der Waals surface area contributed by atoms with Gasteiger partial charge in [-0.1, -0.05) is 26.8 Å². The van der Waals surface area contributed by atoms with Crippen molar-refractivity contribution in [1.82, 2.24) is 20.4 Å². The van der Waals surface area contributed by atoms with Gasteiger partial charge < -0.3 is 25.5 Å². The quantitative estimate of drug-likeness (QED) is 0.424. The van der Waals surface area contributed by atoms with Crippen molar-refractivity contribution < 1.29 is 19.5 Å². The van der Waals surface area contributed by atoms with Crippen molar-refractivity contribution in [3.8, 4) is 0 Å². The van der Waals surface area contributed by atoms with Crippen molar-refractivity contribution in [2.24, 2.45) is 5.41 Å². The van der Waals surface area contributed by atoms with Gasteiger partial charge in [-0.05, 0) is 70.7 Å². The number of carbonyl (C=O) groups is 3. The lowest BCUT2D eigenvalue weighted by molar-refractivity contribution is -0.143. The third kappa shape index (κ3) is 10.2. The van der Waals surface area contributed by atoms with Gasteiger partial charge in [0.2, 0.25) is 5.91 Å². The molecule has 1 rings (SSSR count). The normalized spacial score (nSPS) is 12.7. The van der Waals surface area contributed by atoms with Crippen LogP contribution in [0.25, 0.3) is 0 Å². The third-order valence-electron chi connectivity index (χ3n) is 4.80. The molecule has 0 aliphatic carbocycles. The number of hydrogen-bond acceptors (Lipinski definition) is 5. The average Bonchev–Trinajstić information content (AvgIpc) is 2.64. The second-order valence-electron chi connectivity index (χ2n) is 9.88. The molecule has 3 N–H and O–H groups in total. The topological polar surface area (TPSA) is 102 Å². The number of unbranched alkanes of at least 4 members (excludes halogenated alkanes) is 1. The minimum absolute atomic E-state index is 0.138.